The van der Waals surface area contributed by atoms with Crippen LogP contribution in [0.5, 0.6) is 17.2 Å². The van der Waals surface area contributed by atoms with Crippen LogP contribution in [0.15, 0.2) is 51.7 Å². The lowest BCUT2D eigenvalue weighted by Crippen LogP contribution is -2.02. The number of aromatic hydroxyl groups is 1. The van der Waals surface area contributed by atoms with Gasteiger partial charge >= 0.3 is 0 Å². The second-order valence-electron chi connectivity index (χ2n) is 4.68. The van der Waals surface area contributed by atoms with Crippen LogP contribution in [0.3, 0.4) is 0 Å². The number of hydrogen-bond acceptors (Lipinski definition) is 5. The first-order chi connectivity index (χ1) is 10.2. The molecule has 5 nitrogen and oxygen atoms in total. The van der Waals surface area contributed by atoms with Crippen LogP contribution in [-0.4, -0.2) is 11.9 Å². The molecule has 0 bridgehead atoms. The summed E-state index contributed by atoms with van der Waals surface area (Å²) < 4.78 is 16.2. The van der Waals surface area contributed by atoms with E-state index in [4.69, 9.17) is 13.9 Å². The zero-order valence-corrected chi connectivity index (χ0v) is 10.8. The van der Waals surface area contributed by atoms with E-state index in [1.165, 1.54) is 6.07 Å². The van der Waals surface area contributed by atoms with Crippen molar-refractivity contribution in [3.8, 4) is 28.6 Å². The van der Waals surface area contributed by atoms with Crippen molar-refractivity contribution in [2.75, 3.05) is 6.79 Å². The van der Waals surface area contributed by atoms with Crippen molar-refractivity contribution in [3.63, 3.8) is 0 Å². The van der Waals surface area contributed by atoms with Crippen molar-refractivity contribution in [2.45, 2.75) is 0 Å². The van der Waals surface area contributed by atoms with E-state index in [1.807, 2.05) is 6.07 Å². The first-order valence-corrected chi connectivity index (χ1v) is 6.39. The summed E-state index contributed by atoms with van der Waals surface area (Å²) in [6, 6.07) is 12.1. The van der Waals surface area contributed by atoms with E-state index in [0.29, 0.717) is 22.6 Å². The molecule has 0 saturated heterocycles. The highest BCUT2D eigenvalue weighted by atomic mass is 16.7. The van der Waals surface area contributed by atoms with Gasteiger partial charge in [-0.1, -0.05) is 30.3 Å². The van der Waals surface area contributed by atoms with Crippen molar-refractivity contribution in [1.82, 2.24) is 0 Å². The molecule has 0 radical (unpaired) electrons. The van der Waals surface area contributed by atoms with Gasteiger partial charge in [0.1, 0.15) is 5.58 Å². The van der Waals surface area contributed by atoms with Gasteiger partial charge in [0, 0.05) is 11.6 Å². The smallest absolute Gasteiger partial charge is 0.235 e. The van der Waals surface area contributed by atoms with Crippen LogP contribution in [0, 0.1) is 0 Å². The van der Waals surface area contributed by atoms with Gasteiger partial charge in [-0.05, 0) is 6.07 Å². The predicted octanol–water partition coefficient (Wildman–Crippen LogP) is 2.89. The molecule has 3 aromatic rings. The molecule has 104 valence electrons. The van der Waals surface area contributed by atoms with E-state index in [1.54, 1.807) is 30.3 Å². The third-order valence-electron chi connectivity index (χ3n) is 3.40. The summed E-state index contributed by atoms with van der Waals surface area (Å²) in [5.74, 6) is 0.733. The molecule has 0 saturated carbocycles. The fourth-order valence-corrected chi connectivity index (χ4v) is 2.36. The number of rotatable bonds is 1. The van der Waals surface area contributed by atoms with Gasteiger partial charge in [0.25, 0.3) is 0 Å². The Labute approximate surface area is 119 Å². The molecule has 1 aromatic heterocycles. The molecule has 0 fully saturated rings. The van der Waals surface area contributed by atoms with E-state index in [-0.39, 0.29) is 17.9 Å². The van der Waals surface area contributed by atoms with Gasteiger partial charge in [-0.15, -0.1) is 0 Å². The van der Waals surface area contributed by atoms with Crippen LogP contribution in [0.2, 0.25) is 0 Å². The molecule has 0 atom stereocenters. The van der Waals surface area contributed by atoms with Crippen LogP contribution in [0.1, 0.15) is 0 Å². The van der Waals surface area contributed by atoms with Crippen LogP contribution in [0.4, 0.5) is 0 Å². The third-order valence-corrected chi connectivity index (χ3v) is 3.40. The normalized spacial score (nSPS) is 12.8. The molecule has 1 N–H and O–H groups in total. The molecule has 0 spiro atoms. The maximum Gasteiger partial charge on any atom is 0.235 e. The largest absolute Gasteiger partial charge is 0.502 e. The Morgan fingerprint density at radius 2 is 1.71 bits per heavy atom. The molecule has 5 heteroatoms. The van der Waals surface area contributed by atoms with E-state index in [2.05, 4.69) is 0 Å². The summed E-state index contributed by atoms with van der Waals surface area (Å²) in [7, 11) is 0. The van der Waals surface area contributed by atoms with E-state index < -0.39 is 11.2 Å². The molecule has 2 heterocycles. The van der Waals surface area contributed by atoms with Gasteiger partial charge in [-0.25, -0.2) is 0 Å². The SMILES string of the molecule is O=c1c(O)c(-c2ccccc2)oc2cc3c(cc12)OCO3. The maximum atomic E-state index is 12.3. The Morgan fingerprint density at radius 1 is 1.00 bits per heavy atom. The molecule has 0 amide bonds. The minimum absolute atomic E-state index is 0.109. The monoisotopic (exact) mass is 282 g/mol. The minimum atomic E-state index is -0.492. The molecule has 4 rings (SSSR count). The molecule has 0 aliphatic carbocycles. The van der Waals surface area contributed by atoms with E-state index in [9.17, 15) is 9.90 Å². The molecule has 2 aromatic carbocycles. The quantitative estimate of drug-likeness (QED) is 0.743. The highest BCUT2D eigenvalue weighted by molar-refractivity contribution is 5.85. The van der Waals surface area contributed by atoms with Crippen molar-refractivity contribution >= 4 is 11.0 Å². The maximum absolute atomic E-state index is 12.3. The number of benzene rings is 2. The Hall–Kier alpha value is -2.95. The second-order valence-corrected chi connectivity index (χ2v) is 4.68. The van der Waals surface area contributed by atoms with Crippen molar-refractivity contribution < 1.29 is 19.0 Å². The number of ether oxygens (including phenoxy) is 2. The second kappa shape index (κ2) is 4.28. The zero-order valence-electron chi connectivity index (χ0n) is 10.8. The minimum Gasteiger partial charge on any atom is -0.502 e. The molecule has 0 unspecified atom stereocenters. The Morgan fingerprint density at radius 3 is 2.48 bits per heavy atom. The fraction of sp³-hybridized carbons (Fsp3) is 0.0625. The van der Waals surface area contributed by atoms with Gasteiger partial charge in [0.2, 0.25) is 18.0 Å². The predicted molar refractivity (Wildman–Crippen MR) is 75.7 cm³/mol. The Kier molecular flexibility index (Phi) is 2.41. The van der Waals surface area contributed by atoms with Crippen LogP contribution in [-0.2, 0) is 0 Å². The van der Waals surface area contributed by atoms with Gasteiger partial charge in [0.05, 0.1) is 5.39 Å². The summed E-state index contributed by atoms with van der Waals surface area (Å²) in [6.07, 6.45) is 0. The van der Waals surface area contributed by atoms with Crippen LogP contribution in [0.25, 0.3) is 22.3 Å². The fourth-order valence-electron chi connectivity index (χ4n) is 2.36. The van der Waals surface area contributed by atoms with Gasteiger partial charge in [-0.2, -0.15) is 0 Å². The Balaban J connectivity index is 2.05. The lowest BCUT2D eigenvalue weighted by Gasteiger charge is -2.06. The number of fused-ring (bicyclic) bond motifs is 2. The van der Waals surface area contributed by atoms with Crippen molar-refractivity contribution in [1.29, 1.82) is 0 Å². The summed E-state index contributed by atoms with van der Waals surface area (Å²) >= 11 is 0. The molecular weight excluding hydrogens is 272 g/mol. The summed E-state index contributed by atoms with van der Waals surface area (Å²) in [5, 5.41) is 10.4. The van der Waals surface area contributed by atoms with Gasteiger partial charge in [0.15, 0.2) is 17.3 Å². The van der Waals surface area contributed by atoms with Crippen LogP contribution < -0.4 is 14.9 Å². The topological polar surface area (TPSA) is 68.9 Å². The average Bonchev–Trinajstić information content (AvgIpc) is 2.97. The Bertz CT molecular complexity index is 896. The van der Waals surface area contributed by atoms with Crippen molar-refractivity contribution in [2.24, 2.45) is 0 Å². The van der Waals surface area contributed by atoms with E-state index in [0.717, 1.165) is 0 Å². The molecule has 1 aliphatic heterocycles. The lowest BCUT2D eigenvalue weighted by atomic mass is 10.1. The molecular formula is C16H10O5. The van der Waals surface area contributed by atoms with Gasteiger partial charge < -0.3 is 19.0 Å². The zero-order chi connectivity index (χ0) is 14.4. The van der Waals surface area contributed by atoms with E-state index >= 15 is 0 Å². The lowest BCUT2D eigenvalue weighted by molar-refractivity contribution is 0.174. The molecule has 21 heavy (non-hydrogen) atoms. The third kappa shape index (κ3) is 1.74. The molecule has 1 aliphatic rings. The van der Waals surface area contributed by atoms with Crippen LogP contribution >= 0.6 is 0 Å². The number of hydrogen-bond donors (Lipinski definition) is 1. The van der Waals surface area contributed by atoms with Crippen molar-refractivity contribution in [3.05, 3.63) is 52.7 Å². The first kappa shape index (κ1) is 11.8. The summed E-state index contributed by atoms with van der Waals surface area (Å²) in [5.41, 5.74) is 0.487. The summed E-state index contributed by atoms with van der Waals surface area (Å²) in [6.45, 7) is 0.109. The summed E-state index contributed by atoms with van der Waals surface area (Å²) in [4.78, 5) is 12.3. The van der Waals surface area contributed by atoms with Gasteiger partial charge in [-0.3, -0.25) is 4.79 Å². The average molecular weight is 282 g/mol. The first-order valence-electron chi connectivity index (χ1n) is 6.39. The standard InChI is InChI=1S/C16H10O5/c17-14-10-6-12-13(20-8-19-12)7-11(10)21-16(15(14)18)9-4-2-1-3-5-9/h1-7,18H,8H2. The highest BCUT2D eigenvalue weighted by Crippen LogP contribution is 2.38. The highest BCUT2D eigenvalue weighted by Gasteiger charge is 2.20.